The second-order valence-corrected chi connectivity index (χ2v) is 5.71. The molecule has 0 radical (unpaired) electrons. The Kier molecular flexibility index (Phi) is 4.90. The zero-order valence-electron chi connectivity index (χ0n) is 12.9. The molecular formula is C17H20FN3O2. The zero-order chi connectivity index (χ0) is 16.1. The summed E-state index contributed by atoms with van der Waals surface area (Å²) in [6.45, 7) is 1.42. The fourth-order valence-electron chi connectivity index (χ4n) is 2.90. The van der Waals surface area contributed by atoms with Crippen molar-refractivity contribution in [1.82, 2.24) is 14.7 Å². The lowest BCUT2D eigenvalue weighted by atomic mass is 10.0. The van der Waals surface area contributed by atoms with Crippen molar-refractivity contribution in [3.63, 3.8) is 0 Å². The molecule has 1 atom stereocenters. The van der Waals surface area contributed by atoms with Crippen LogP contribution in [0.4, 0.5) is 4.39 Å². The molecule has 0 saturated carbocycles. The third-order valence-electron chi connectivity index (χ3n) is 4.08. The van der Waals surface area contributed by atoms with Crippen LogP contribution in [0.1, 0.15) is 19.3 Å². The van der Waals surface area contributed by atoms with Crippen LogP contribution in [0.5, 0.6) is 5.75 Å². The van der Waals surface area contributed by atoms with Crippen molar-refractivity contribution >= 4 is 5.91 Å². The summed E-state index contributed by atoms with van der Waals surface area (Å²) in [5.41, 5.74) is 0. The minimum Gasteiger partial charge on any atom is -0.484 e. The molecule has 3 rings (SSSR count). The number of halogens is 1. The molecule has 1 aromatic carbocycles. The Balaban J connectivity index is 1.58. The Hall–Kier alpha value is -2.37. The number of benzene rings is 1. The van der Waals surface area contributed by atoms with E-state index in [0.29, 0.717) is 12.3 Å². The van der Waals surface area contributed by atoms with Crippen LogP contribution < -0.4 is 4.74 Å². The number of carbonyl (C=O) groups excluding carboxylic acids is 1. The molecule has 1 saturated heterocycles. The van der Waals surface area contributed by atoms with Crippen LogP contribution in [0.3, 0.4) is 0 Å². The SMILES string of the molecule is O=C(COc1ccc(F)cc1)N1CCCCC1Cn1cccn1. The Morgan fingerprint density at radius 2 is 2.13 bits per heavy atom. The van der Waals surface area contributed by atoms with Gasteiger partial charge in [-0.1, -0.05) is 0 Å². The van der Waals surface area contributed by atoms with Crippen LogP contribution >= 0.6 is 0 Å². The van der Waals surface area contributed by atoms with Crippen LogP contribution in [-0.2, 0) is 11.3 Å². The molecule has 0 spiro atoms. The van der Waals surface area contributed by atoms with Crippen molar-refractivity contribution in [1.29, 1.82) is 0 Å². The number of hydrogen-bond acceptors (Lipinski definition) is 3. The molecule has 1 unspecified atom stereocenters. The molecule has 23 heavy (non-hydrogen) atoms. The number of nitrogens with zero attached hydrogens (tertiary/aromatic N) is 3. The first-order valence-corrected chi connectivity index (χ1v) is 7.87. The van der Waals surface area contributed by atoms with Gasteiger partial charge in [0, 0.05) is 18.9 Å². The van der Waals surface area contributed by atoms with Gasteiger partial charge in [-0.3, -0.25) is 9.48 Å². The molecule has 2 aromatic rings. The number of aromatic nitrogens is 2. The van der Waals surface area contributed by atoms with E-state index in [-0.39, 0.29) is 24.4 Å². The lowest BCUT2D eigenvalue weighted by Gasteiger charge is -2.35. The summed E-state index contributed by atoms with van der Waals surface area (Å²) in [6, 6.07) is 7.72. The minimum atomic E-state index is -0.320. The van der Waals surface area contributed by atoms with Crippen LogP contribution in [0, 0.1) is 5.82 Å². The van der Waals surface area contributed by atoms with Crippen molar-refractivity contribution in [3.05, 3.63) is 48.5 Å². The van der Waals surface area contributed by atoms with Gasteiger partial charge in [-0.2, -0.15) is 5.10 Å². The third-order valence-corrected chi connectivity index (χ3v) is 4.08. The van der Waals surface area contributed by atoms with E-state index in [9.17, 15) is 9.18 Å². The maximum Gasteiger partial charge on any atom is 0.260 e. The molecule has 0 bridgehead atoms. The number of ether oxygens (including phenoxy) is 1. The number of hydrogen-bond donors (Lipinski definition) is 0. The van der Waals surface area contributed by atoms with Crippen molar-refractivity contribution < 1.29 is 13.9 Å². The first-order chi connectivity index (χ1) is 11.2. The highest BCUT2D eigenvalue weighted by Crippen LogP contribution is 2.19. The molecule has 1 amide bonds. The highest BCUT2D eigenvalue weighted by Gasteiger charge is 2.27. The molecule has 0 aliphatic carbocycles. The third kappa shape index (κ3) is 4.09. The summed E-state index contributed by atoms with van der Waals surface area (Å²) in [5, 5.41) is 4.22. The second-order valence-electron chi connectivity index (χ2n) is 5.71. The molecule has 1 fully saturated rings. The van der Waals surface area contributed by atoms with Gasteiger partial charge in [-0.05, 0) is 49.6 Å². The first kappa shape index (κ1) is 15.5. The van der Waals surface area contributed by atoms with Gasteiger partial charge in [0.1, 0.15) is 11.6 Å². The standard InChI is InChI=1S/C17H20FN3O2/c18-14-5-7-16(8-6-14)23-13-17(22)21-11-2-1-4-15(21)12-20-10-3-9-19-20/h3,5-10,15H,1-2,4,11-13H2. The van der Waals surface area contributed by atoms with E-state index in [0.717, 1.165) is 25.8 Å². The average molecular weight is 317 g/mol. The quantitative estimate of drug-likeness (QED) is 0.851. The molecule has 1 aromatic heterocycles. The normalized spacial score (nSPS) is 18.0. The van der Waals surface area contributed by atoms with E-state index in [1.807, 2.05) is 21.8 Å². The number of carbonyl (C=O) groups is 1. The van der Waals surface area contributed by atoms with Gasteiger partial charge in [0.2, 0.25) is 0 Å². The number of piperidine rings is 1. The van der Waals surface area contributed by atoms with Crippen molar-refractivity contribution in [2.75, 3.05) is 13.2 Å². The fraction of sp³-hybridized carbons (Fsp3) is 0.412. The largest absolute Gasteiger partial charge is 0.484 e. The van der Waals surface area contributed by atoms with E-state index >= 15 is 0 Å². The molecule has 0 N–H and O–H groups in total. The van der Waals surface area contributed by atoms with Gasteiger partial charge >= 0.3 is 0 Å². The maximum atomic E-state index is 12.9. The summed E-state index contributed by atoms with van der Waals surface area (Å²) in [4.78, 5) is 14.4. The van der Waals surface area contributed by atoms with Gasteiger partial charge in [-0.15, -0.1) is 0 Å². The Labute approximate surface area is 134 Å². The summed E-state index contributed by atoms with van der Waals surface area (Å²) >= 11 is 0. The second kappa shape index (κ2) is 7.26. The topological polar surface area (TPSA) is 47.4 Å². The van der Waals surface area contributed by atoms with Crippen LogP contribution in [0.2, 0.25) is 0 Å². The van der Waals surface area contributed by atoms with E-state index in [1.54, 1.807) is 6.20 Å². The Morgan fingerprint density at radius 3 is 2.87 bits per heavy atom. The minimum absolute atomic E-state index is 0.0265. The number of likely N-dealkylation sites (tertiary alicyclic amines) is 1. The number of amides is 1. The predicted molar refractivity (Wildman–Crippen MR) is 83.5 cm³/mol. The van der Waals surface area contributed by atoms with E-state index in [4.69, 9.17) is 4.74 Å². The van der Waals surface area contributed by atoms with E-state index < -0.39 is 0 Å². The number of rotatable bonds is 5. The van der Waals surface area contributed by atoms with Crippen LogP contribution in [-0.4, -0.2) is 39.8 Å². The highest BCUT2D eigenvalue weighted by atomic mass is 19.1. The fourth-order valence-corrected chi connectivity index (χ4v) is 2.90. The molecule has 1 aliphatic heterocycles. The van der Waals surface area contributed by atoms with E-state index in [2.05, 4.69) is 5.10 Å². The van der Waals surface area contributed by atoms with E-state index in [1.165, 1.54) is 24.3 Å². The molecule has 5 nitrogen and oxygen atoms in total. The van der Waals surface area contributed by atoms with Gasteiger partial charge < -0.3 is 9.64 Å². The van der Waals surface area contributed by atoms with Gasteiger partial charge in [-0.25, -0.2) is 4.39 Å². The molecule has 122 valence electrons. The lowest BCUT2D eigenvalue weighted by molar-refractivity contribution is -0.137. The zero-order valence-corrected chi connectivity index (χ0v) is 12.9. The highest BCUT2D eigenvalue weighted by molar-refractivity contribution is 5.78. The Bertz CT molecular complexity index is 628. The van der Waals surface area contributed by atoms with Crippen molar-refractivity contribution in [3.8, 4) is 5.75 Å². The first-order valence-electron chi connectivity index (χ1n) is 7.87. The smallest absolute Gasteiger partial charge is 0.260 e. The summed E-state index contributed by atoms with van der Waals surface area (Å²) in [6.07, 6.45) is 6.76. The maximum absolute atomic E-state index is 12.9. The van der Waals surface area contributed by atoms with Crippen molar-refractivity contribution in [2.45, 2.75) is 31.8 Å². The predicted octanol–water partition coefficient (Wildman–Crippen LogP) is 2.48. The summed E-state index contributed by atoms with van der Waals surface area (Å²) in [5.74, 6) is 0.144. The molecular weight excluding hydrogens is 297 g/mol. The van der Waals surface area contributed by atoms with Crippen LogP contribution in [0.15, 0.2) is 42.7 Å². The van der Waals surface area contributed by atoms with Crippen molar-refractivity contribution in [2.24, 2.45) is 0 Å². The van der Waals surface area contributed by atoms with Gasteiger partial charge in [0.15, 0.2) is 6.61 Å². The molecule has 1 aliphatic rings. The average Bonchev–Trinajstić information content (AvgIpc) is 3.07. The molecule has 6 heteroatoms. The monoisotopic (exact) mass is 317 g/mol. The lowest BCUT2D eigenvalue weighted by Crippen LogP contribution is -2.47. The van der Waals surface area contributed by atoms with Crippen LogP contribution in [0.25, 0.3) is 0 Å². The van der Waals surface area contributed by atoms with Gasteiger partial charge in [0.25, 0.3) is 5.91 Å². The summed E-state index contributed by atoms with van der Waals surface area (Å²) < 4.78 is 20.2. The van der Waals surface area contributed by atoms with Gasteiger partial charge in [0.05, 0.1) is 12.6 Å². The Morgan fingerprint density at radius 1 is 1.30 bits per heavy atom. The summed E-state index contributed by atoms with van der Waals surface area (Å²) in [7, 11) is 0. The molecule has 2 heterocycles.